The molecule has 1 unspecified atom stereocenters. The van der Waals surface area contributed by atoms with Crippen molar-refractivity contribution in [1.29, 1.82) is 0 Å². The Bertz CT molecular complexity index is 1110. The standard InChI is InChI=1S/C26H30F3N3O3/c1-4-34-23-15-19-13-17(2)35-24(19)14-18(23)5-8-25(33)30-22-7-6-20(16-21(22)26(27,28)29)32-11-9-31(3)10-12-32/h5-8,14-17H,4,9-13H2,1-3H3,(H,30,33). The number of nitrogens with one attached hydrogen (secondary N) is 1. The number of fused-ring (bicyclic) bond motifs is 1. The van der Waals surface area contributed by atoms with Crippen LogP contribution in [0.3, 0.4) is 0 Å². The van der Waals surface area contributed by atoms with Crippen molar-refractivity contribution >= 4 is 23.4 Å². The number of likely N-dealkylation sites (N-methyl/N-ethyl adjacent to an activating group) is 1. The number of hydrogen-bond acceptors (Lipinski definition) is 5. The number of nitrogens with zero attached hydrogens (tertiary/aromatic N) is 2. The topological polar surface area (TPSA) is 54.0 Å². The molecule has 0 spiro atoms. The molecule has 1 amide bonds. The fourth-order valence-electron chi connectivity index (χ4n) is 4.34. The van der Waals surface area contributed by atoms with Gasteiger partial charge in [-0.05, 0) is 57.3 Å². The lowest BCUT2D eigenvalue weighted by atomic mass is 10.1. The van der Waals surface area contributed by atoms with Crippen LogP contribution in [0, 0.1) is 0 Å². The number of ether oxygens (including phenoxy) is 2. The van der Waals surface area contributed by atoms with Crippen LogP contribution in [-0.2, 0) is 17.4 Å². The van der Waals surface area contributed by atoms with Gasteiger partial charge in [-0.2, -0.15) is 13.2 Å². The third-order valence-electron chi connectivity index (χ3n) is 6.18. The maximum absolute atomic E-state index is 13.8. The quantitative estimate of drug-likeness (QED) is 0.589. The average molecular weight is 490 g/mol. The van der Waals surface area contributed by atoms with Gasteiger partial charge in [-0.15, -0.1) is 0 Å². The third-order valence-corrected chi connectivity index (χ3v) is 6.18. The molecule has 1 saturated heterocycles. The molecule has 2 aromatic rings. The lowest BCUT2D eigenvalue weighted by Gasteiger charge is -2.34. The SMILES string of the molecule is CCOc1cc2c(cc1C=CC(=O)Nc1ccc(N3CCN(C)CC3)cc1C(F)(F)F)OC(C)C2. The minimum Gasteiger partial charge on any atom is -0.493 e. The van der Waals surface area contributed by atoms with Crippen LogP contribution in [0.5, 0.6) is 11.5 Å². The molecule has 1 atom stereocenters. The first-order valence-electron chi connectivity index (χ1n) is 11.7. The third kappa shape index (κ3) is 5.90. The first kappa shape index (κ1) is 24.9. The lowest BCUT2D eigenvalue weighted by molar-refractivity contribution is -0.136. The second-order valence-electron chi connectivity index (χ2n) is 8.90. The maximum Gasteiger partial charge on any atom is 0.418 e. The monoisotopic (exact) mass is 489 g/mol. The Balaban J connectivity index is 1.53. The molecule has 0 bridgehead atoms. The number of carbonyl (C=O) groups excluding carboxylic acids is 1. The van der Waals surface area contributed by atoms with Crippen LogP contribution >= 0.6 is 0 Å². The highest BCUT2D eigenvalue weighted by atomic mass is 19.4. The molecule has 2 heterocycles. The summed E-state index contributed by atoms with van der Waals surface area (Å²) in [7, 11) is 1.98. The van der Waals surface area contributed by atoms with Crippen LogP contribution in [-0.4, -0.2) is 56.7 Å². The minimum absolute atomic E-state index is 0.0524. The van der Waals surface area contributed by atoms with Gasteiger partial charge in [0, 0.05) is 55.5 Å². The van der Waals surface area contributed by atoms with E-state index in [2.05, 4.69) is 10.2 Å². The number of benzene rings is 2. The number of rotatable bonds is 6. The highest BCUT2D eigenvalue weighted by Gasteiger charge is 2.35. The summed E-state index contributed by atoms with van der Waals surface area (Å²) in [6.07, 6.45) is -1.05. The normalized spacial score (nSPS) is 18.5. The van der Waals surface area contributed by atoms with Crippen molar-refractivity contribution in [2.24, 2.45) is 0 Å². The van der Waals surface area contributed by atoms with Crippen LogP contribution in [0.1, 0.15) is 30.5 Å². The summed E-state index contributed by atoms with van der Waals surface area (Å²) in [6, 6.07) is 7.72. The van der Waals surface area contributed by atoms with Crippen molar-refractivity contribution in [1.82, 2.24) is 4.90 Å². The summed E-state index contributed by atoms with van der Waals surface area (Å²) in [5.41, 5.74) is 0.994. The van der Waals surface area contributed by atoms with E-state index in [0.717, 1.165) is 36.9 Å². The van der Waals surface area contributed by atoms with E-state index >= 15 is 0 Å². The van der Waals surface area contributed by atoms with Gasteiger partial charge in [0.25, 0.3) is 0 Å². The van der Waals surface area contributed by atoms with Crippen molar-refractivity contribution < 1.29 is 27.4 Å². The smallest absolute Gasteiger partial charge is 0.418 e. The molecule has 2 aromatic carbocycles. The van der Waals surface area contributed by atoms with E-state index in [1.54, 1.807) is 12.1 Å². The van der Waals surface area contributed by atoms with Gasteiger partial charge in [0.2, 0.25) is 5.91 Å². The van der Waals surface area contributed by atoms with Gasteiger partial charge in [0.15, 0.2) is 0 Å². The zero-order chi connectivity index (χ0) is 25.2. The second-order valence-corrected chi connectivity index (χ2v) is 8.90. The van der Waals surface area contributed by atoms with E-state index in [4.69, 9.17) is 9.47 Å². The number of carbonyl (C=O) groups is 1. The Labute approximate surface area is 203 Å². The number of alkyl halides is 3. The Morgan fingerprint density at radius 1 is 1.20 bits per heavy atom. The van der Waals surface area contributed by atoms with E-state index in [1.165, 1.54) is 18.2 Å². The van der Waals surface area contributed by atoms with Gasteiger partial charge in [-0.25, -0.2) is 0 Å². The molecule has 4 rings (SSSR count). The van der Waals surface area contributed by atoms with Crippen molar-refractivity contribution in [3.63, 3.8) is 0 Å². The molecule has 6 nitrogen and oxygen atoms in total. The summed E-state index contributed by atoms with van der Waals surface area (Å²) >= 11 is 0. The highest BCUT2D eigenvalue weighted by molar-refractivity contribution is 6.02. The summed E-state index contributed by atoms with van der Waals surface area (Å²) in [5.74, 6) is 0.653. The zero-order valence-electron chi connectivity index (χ0n) is 20.1. The summed E-state index contributed by atoms with van der Waals surface area (Å²) in [5, 5.41) is 2.39. The first-order valence-corrected chi connectivity index (χ1v) is 11.7. The van der Waals surface area contributed by atoms with Crippen molar-refractivity contribution in [2.45, 2.75) is 32.5 Å². The number of piperazine rings is 1. The average Bonchev–Trinajstić information content (AvgIpc) is 3.16. The predicted octanol–water partition coefficient (Wildman–Crippen LogP) is 4.83. The maximum atomic E-state index is 13.8. The van der Waals surface area contributed by atoms with Gasteiger partial charge < -0.3 is 24.6 Å². The number of hydrogen-bond donors (Lipinski definition) is 1. The lowest BCUT2D eigenvalue weighted by Crippen LogP contribution is -2.44. The summed E-state index contributed by atoms with van der Waals surface area (Å²) in [4.78, 5) is 16.6. The molecule has 35 heavy (non-hydrogen) atoms. The Morgan fingerprint density at radius 2 is 1.94 bits per heavy atom. The summed E-state index contributed by atoms with van der Waals surface area (Å²) in [6.45, 7) is 7.12. The van der Waals surface area contributed by atoms with Gasteiger partial charge in [-0.1, -0.05) is 0 Å². The Kier molecular flexibility index (Phi) is 7.25. The molecule has 9 heteroatoms. The predicted molar refractivity (Wildman–Crippen MR) is 130 cm³/mol. The fraction of sp³-hybridized carbons (Fsp3) is 0.423. The first-order chi connectivity index (χ1) is 16.6. The zero-order valence-corrected chi connectivity index (χ0v) is 20.1. The number of halogens is 3. The van der Waals surface area contributed by atoms with Crippen LogP contribution in [0.15, 0.2) is 36.4 Å². The summed E-state index contributed by atoms with van der Waals surface area (Å²) < 4.78 is 53.0. The Hall–Kier alpha value is -3.20. The Morgan fingerprint density at radius 3 is 2.63 bits per heavy atom. The molecule has 0 aliphatic carbocycles. The van der Waals surface area contributed by atoms with Crippen molar-refractivity contribution in [2.75, 3.05) is 50.1 Å². The molecule has 1 N–H and O–H groups in total. The molecule has 2 aliphatic rings. The molecule has 0 saturated carbocycles. The molecular weight excluding hydrogens is 459 g/mol. The largest absolute Gasteiger partial charge is 0.493 e. The molecule has 1 fully saturated rings. The molecular formula is C26H30F3N3O3. The minimum atomic E-state index is -4.61. The number of amides is 1. The van der Waals surface area contributed by atoms with E-state index in [0.29, 0.717) is 36.7 Å². The van der Waals surface area contributed by atoms with Crippen LogP contribution in [0.25, 0.3) is 6.08 Å². The van der Waals surface area contributed by atoms with Gasteiger partial charge >= 0.3 is 6.18 Å². The molecule has 2 aliphatic heterocycles. The highest BCUT2D eigenvalue weighted by Crippen LogP contribution is 2.38. The van der Waals surface area contributed by atoms with Crippen molar-refractivity contribution in [3.8, 4) is 11.5 Å². The van der Waals surface area contributed by atoms with Crippen LogP contribution in [0.2, 0.25) is 0 Å². The molecule has 188 valence electrons. The van der Waals surface area contributed by atoms with Crippen molar-refractivity contribution in [3.05, 3.63) is 53.1 Å². The van der Waals surface area contributed by atoms with E-state index in [9.17, 15) is 18.0 Å². The van der Waals surface area contributed by atoms with Gasteiger partial charge in [0.1, 0.15) is 17.6 Å². The number of anilines is 2. The van der Waals surface area contributed by atoms with Crippen LogP contribution in [0.4, 0.5) is 24.5 Å². The molecule has 0 radical (unpaired) electrons. The van der Waals surface area contributed by atoms with E-state index < -0.39 is 17.6 Å². The van der Waals surface area contributed by atoms with E-state index in [1.807, 2.05) is 31.9 Å². The van der Waals surface area contributed by atoms with Gasteiger partial charge in [0.05, 0.1) is 17.9 Å². The van der Waals surface area contributed by atoms with Gasteiger partial charge in [-0.3, -0.25) is 4.79 Å². The second kappa shape index (κ2) is 10.2. The van der Waals surface area contributed by atoms with E-state index in [-0.39, 0.29) is 11.8 Å². The van der Waals surface area contributed by atoms with Crippen LogP contribution < -0.4 is 19.7 Å². The fourth-order valence-corrected chi connectivity index (χ4v) is 4.34. The molecule has 0 aromatic heterocycles.